The second-order valence-corrected chi connectivity index (χ2v) is 4.64. The summed E-state index contributed by atoms with van der Waals surface area (Å²) in [6, 6.07) is 0. The number of hydrogen-bond acceptors (Lipinski definition) is 0. The van der Waals surface area contributed by atoms with Crippen LogP contribution in [0.5, 0.6) is 0 Å². The molecule has 0 rings (SSSR count). The SMILES string of the molecule is C=CC([CH2-])C[CH2-].[CH2-]CC[CH2-].[Cl][Ti+4][Cl]. The first-order chi connectivity index (χ1) is 6.14. The molecule has 3 heteroatoms. The second-order valence-electron chi connectivity index (χ2n) is 2.06. The van der Waals surface area contributed by atoms with Gasteiger partial charge in [-0.3, -0.25) is 0 Å². The third kappa shape index (κ3) is 43.6. The van der Waals surface area contributed by atoms with Gasteiger partial charge in [-0.25, -0.2) is 19.3 Å². The predicted molar refractivity (Wildman–Crippen MR) is 60.7 cm³/mol. The van der Waals surface area contributed by atoms with Crippen molar-refractivity contribution in [2.45, 2.75) is 19.3 Å². The summed E-state index contributed by atoms with van der Waals surface area (Å²) >= 11 is -0.556. The van der Waals surface area contributed by atoms with Gasteiger partial charge < -0.3 is 27.7 Å². The van der Waals surface area contributed by atoms with Crippen molar-refractivity contribution >= 4 is 18.6 Å². The van der Waals surface area contributed by atoms with Gasteiger partial charge in [0, 0.05) is 0 Å². The standard InChI is InChI=1S/C6H10.C4H8.2ClH.Ti/c1-4-6(3)5-2;1-3-4-2;;;/h4,6H,1-3,5H2;1-4H2;2*1H;/q2*-2;;;+6/p-2. The fourth-order valence-electron chi connectivity index (χ4n) is 0.118. The van der Waals surface area contributed by atoms with Crippen LogP contribution >= 0.6 is 18.6 Å². The van der Waals surface area contributed by atoms with Crippen molar-refractivity contribution in [3.05, 3.63) is 40.3 Å². The molecule has 0 aromatic rings. The third-order valence-corrected chi connectivity index (χ3v) is 0.954. The zero-order chi connectivity index (χ0) is 11.1. The monoisotopic (exact) mass is 256 g/mol. The number of unbranched alkanes of at least 4 members (excludes halogenated alkanes) is 1. The minimum atomic E-state index is -0.556. The zero-order valence-electron chi connectivity index (χ0n) is 8.07. The maximum atomic E-state index is 4.89. The van der Waals surface area contributed by atoms with Crippen LogP contribution in [-0.4, -0.2) is 0 Å². The van der Waals surface area contributed by atoms with E-state index in [2.05, 4.69) is 34.3 Å². The Morgan fingerprint density at radius 1 is 1.23 bits per heavy atom. The van der Waals surface area contributed by atoms with Gasteiger partial charge in [0.05, 0.1) is 0 Å². The average Bonchev–Trinajstić information content (AvgIpc) is 2.18. The predicted octanol–water partition coefficient (Wildman–Crippen LogP) is 4.66. The molecule has 0 aliphatic carbocycles. The van der Waals surface area contributed by atoms with Crippen LogP contribution in [0.4, 0.5) is 0 Å². The van der Waals surface area contributed by atoms with Crippen molar-refractivity contribution in [1.82, 2.24) is 0 Å². The first kappa shape index (κ1) is 19.6. The maximum absolute atomic E-state index is 4.89. The Bertz CT molecular complexity index is 75.3. The Kier molecular flexibility index (Phi) is 34.8. The van der Waals surface area contributed by atoms with Crippen molar-refractivity contribution < 1.29 is 17.0 Å². The van der Waals surface area contributed by atoms with Crippen LogP contribution in [0.3, 0.4) is 0 Å². The molecule has 0 aliphatic rings. The number of allylic oxidation sites excluding steroid dienone is 1. The van der Waals surface area contributed by atoms with E-state index in [4.69, 9.17) is 18.6 Å². The molecule has 13 heavy (non-hydrogen) atoms. The molecule has 0 radical (unpaired) electrons. The third-order valence-electron chi connectivity index (χ3n) is 0.954. The summed E-state index contributed by atoms with van der Waals surface area (Å²) in [5.74, 6) is 0.338. The van der Waals surface area contributed by atoms with Crippen LogP contribution in [-0.2, 0) is 17.0 Å². The van der Waals surface area contributed by atoms with Gasteiger partial charge in [-0.1, -0.05) is 0 Å². The van der Waals surface area contributed by atoms with Crippen molar-refractivity contribution in [3.63, 3.8) is 0 Å². The van der Waals surface area contributed by atoms with Crippen LogP contribution in [0, 0.1) is 33.6 Å². The normalized spacial score (nSPS) is 10.3. The van der Waals surface area contributed by atoms with Gasteiger partial charge in [-0.05, 0) is 0 Å². The molecule has 1 atom stereocenters. The van der Waals surface area contributed by atoms with E-state index in [0.29, 0.717) is 5.92 Å². The molecule has 0 aliphatic heterocycles. The number of halogens is 2. The Labute approximate surface area is 101 Å². The summed E-state index contributed by atoms with van der Waals surface area (Å²) in [6.45, 7) is 17.9. The molecular formula is C10H18Cl2Ti. The first-order valence-electron chi connectivity index (χ1n) is 3.94. The minimum absolute atomic E-state index is 0.338. The Morgan fingerprint density at radius 3 is 1.54 bits per heavy atom. The van der Waals surface area contributed by atoms with Gasteiger partial charge in [-0.2, -0.15) is 5.92 Å². The molecule has 0 N–H and O–H groups in total. The molecule has 0 saturated carbocycles. The zero-order valence-corrected chi connectivity index (χ0v) is 11.1. The van der Waals surface area contributed by atoms with Gasteiger partial charge in [0.1, 0.15) is 0 Å². The molecule has 0 aromatic heterocycles. The van der Waals surface area contributed by atoms with Gasteiger partial charge in [0.2, 0.25) is 0 Å². The van der Waals surface area contributed by atoms with E-state index in [9.17, 15) is 0 Å². The molecule has 1 unspecified atom stereocenters. The van der Waals surface area contributed by atoms with E-state index in [-0.39, 0.29) is 0 Å². The summed E-state index contributed by atoms with van der Waals surface area (Å²) in [6.07, 6.45) is 4.57. The fourth-order valence-corrected chi connectivity index (χ4v) is 0.118. The molecule has 0 spiro atoms. The first-order valence-corrected chi connectivity index (χ1v) is 8.23. The number of hydrogen-bond donors (Lipinski definition) is 0. The van der Waals surface area contributed by atoms with Gasteiger partial charge in [-0.15, -0.1) is 12.7 Å². The summed E-state index contributed by atoms with van der Waals surface area (Å²) in [5.41, 5.74) is 0. The molecule has 0 aromatic carbocycles. The molecule has 0 nitrogen and oxygen atoms in total. The van der Waals surface area contributed by atoms with Crippen molar-refractivity contribution in [2.75, 3.05) is 0 Å². The van der Waals surface area contributed by atoms with Crippen molar-refractivity contribution in [2.24, 2.45) is 5.92 Å². The molecule has 0 bridgehead atoms. The van der Waals surface area contributed by atoms with Gasteiger partial charge >= 0.3 is 35.6 Å². The van der Waals surface area contributed by atoms with E-state index in [1.165, 1.54) is 0 Å². The second kappa shape index (κ2) is 23.1. The summed E-state index contributed by atoms with van der Waals surface area (Å²) in [7, 11) is 9.78. The number of rotatable bonds is 3. The summed E-state index contributed by atoms with van der Waals surface area (Å²) in [5, 5.41) is 0. The quantitative estimate of drug-likeness (QED) is 0.392. The average molecular weight is 257 g/mol. The molecule has 0 saturated heterocycles. The van der Waals surface area contributed by atoms with Crippen LogP contribution in [0.1, 0.15) is 19.3 Å². The summed E-state index contributed by atoms with van der Waals surface area (Å²) < 4.78 is 0. The van der Waals surface area contributed by atoms with Gasteiger partial charge in [0.25, 0.3) is 0 Å². The molecule has 0 fully saturated rings. The van der Waals surface area contributed by atoms with Crippen LogP contribution in [0.2, 0.25) is 0 Å². The topological polar surface area (TPSA) is 0 Å². The van der Waals surface area contributed by atoms with E-state index in [1.54, 1.807) is 6.08 Å². The van der Waals surface area contributed by atoms with Crippen LogP contribution < -0.4 is 0 Å². The van der Waals surface area contributed by atoms with E-state index in [1.807, 2.05) is 0 Å². The summed E-state index contributed by atoms with van der Waals surface area (Å²) in [4.78, 5) is 0. The molecule has 76 valence electrons. The Hall–Kier alpha value is 1.03. The van der Waals surface area contributed by atoms with E-state index in [0.717, 1.165) is 19.3 Å². The Balaban J connectivity index is -0.000000125. The Morgan fingerprint density at radius 2 is 1.54 bits per heavy atom. The van der Waals surface area contributed by atoms with Crippen molar-refractivity contribution in [3.8, 4) is 0 Å². The van der Waals surface area contributed by atoms with E-state index < -0.39 is 17.0 Å². The molecule has 0 amide bonds. The van der Waals surface area contributed by atoms with Gasteiger partial charge in [0.15, 0.2) is 0 Å². The van der Waals surface area contributed by atoms with E-state index >= 15 is 0 Å². The van der Waals surface area contributed by atoms with Crippen molar-refractivity contribution in [1.29, 1.82) is 0 Å². The fraction of sp³-hybridized carbons (Fsp3) is 0.400. The molecular weight excluding hydrogens is 239 g/mol. The van der Waals surface area contributed by atoms with Crippen LogP contribution in [0.15, 0.2) is 12.7 Å². The molecule has 0 heterocycles. The van der Waals surface area contributed by atoms with Crippen LogP contribution in [0.25, 0.3) is 0 Å².